The fraction of sp³-hybridized carbons (Fsp3) is 0.913. The molecule has 0 rings (SSSR count). The van der Waals surface area contributed by atoms with E-state index in [0.717, 1.165) is 6.42 Å². The number of hydrogen-bond donors (Lipinski definition) is 3. The summed E-state index contributed by atoms with van der Waals surface area (Å²) in [5, 5.41) is 21.5. The van der Waals surface area contributed by atoms with Gasteiger partial charge in [0.05, 0.1) is 12.7 Å². The molecule has 0 saturated heterocycles. The quantitative estimate of drug-likeness (QED) is 0.142. The predicted molar refractivity (Wildman–Crippen MR) is 116 cm³/mol. The summed E-state index contributed by atoms with van der Waals surface area (Å²) >= 11 is 0. The molecule has 0 aliphatic heterocycles. The lowest BCUT2D eigenvalue weighted by molar-refractivity contribution is 0.0265. The maximum Gasteiger partial charge on any atom is 0.102 e. The molecule has 4 nitrogen and oxygen atoms in total. The molecular weight excluding hydrogens is 338 g/mol. The summed E-state index contributed by atoms with van der Waals surface area (Å²) in [6, 6.07) is 0. The third-order valence-electron chi connectivity index (χ3n) is 4.76. The maximum absolute atomic E-state index is 9.63. The zero-order valence-electron chi connectivity index (χ0n) is 18.1. The highest BCUT2D eigenvalue weighted by atomic mass is 16.5. The number of aliphatic hydroxyl groups excluding tert-OH is 2. The summed E-state index contributed by atoms with van der Waals surface area (Å²) in [7, 11) is 0. The van der Waals surface area contributed by atoms with E-state index in [-0.39, 0.29) is 0 Å². The fourth-order valence-electron chi connectivity index (χ4n) is 3.04. The van der Waals surface area contributed by atoms with Crippen molar-refractivity contribution in [2.45, 2.75) is 116 Å². The molecule has 0 aromatic carbocycles. The van der Waals surface area contributed by atoms with Crippen molar-refractivity contribution in [2.75, 3.05) is 19.8 Å². The molecule has 0 amide bonds. The molecule has 2 unspecified atom stereocenters. The average Bonchev–Trinajstić information content (AvgIpc) is 2.65. The Hall–Kier alpha value is -0.420. The summed E-state index contributed by atoms with van der Waals surface area (Å²) in [6.45, 7) is 5.33. The molecule has 0 aliphatic carbocycles. The van der Waals surface area contributed by atoms with Gasteiger partial charge in [0.15, 0.2) is 0 Å². The van der Waals surface area contributed by atoms with Crippen LogP contribution in [0.4, 0.5) is 0 Å². The number of nitrogens with one attached hydrogen (secondary N) is 1. The van der Waals surface area contributed by atoms with Crippen molar-refractivity contribution >= 4 is 0 Å². The Labute approximate surface area is 168 Å². The molecule has 162 valence electrons. The van der Waals surface area contributed by atoms with Crippen LogP contribution >= 0.6 is 0 Å². The lowest BCUT2D eigenvalue weighted by Gasteiger charge is -2.13. The smallest absolute Gasteiger partial charge is 0.102 e. The van der Waals surface area contributed by atoms with Gasteiger partial charge in [-0.1, -0.05) is 76.9 Å². The van der Waals surface area contributed by atoms with Crippen LogP contribution in [0.15, 0.2) is 12.2 Å². The third kappa shape index (κ3) is 23.5. The van der Waals surface area contributed by atoms with Gasteiger partial charge >= 0.3 is 0 Å². The normalized spacial score (nSPS) is 14.1. The molecule has 0 saturated carbocycles. The van der Waals surface area contributed by atoms with Gasteiger partial charge in [-0.05, 0) is 39.0 Å². The molecular formula is C23H47NO3. The van der Waals surface area contributed by atoms with Crippen molar-refractivity contribution in [2.24, 2.45) is 0 Å². The van der Waals surface area contributed by atoms with E-state index in [1.54, 1.807) is 6.92 Å². The highest BCUT2D eigenvalue weighted by Crippen LogP contribution is 2.10. The Morgan fingerprint density at radius 3 is 1.85 bits per heavy atom. The molecule has 0 aliphatic rings. The zero-order chi connectivity index (χ0) is 20.0. The first kappa shape index (κ1) is 26.6. The molecule has 3 N–H and O–H groups in total. The van der Waals surface area contributed by atoms with Gasteiger partial charge in [0, 0.05) is 13.2 Å². The second kappa shape index (κ2) is 21.9. The molecule has 27 heavy (non-hydrogen) atoms. The summed E-state index contributed by atoms with van der Waals surface area (Å²) in [6.07, 6.45) is 21.9. The molecule has 0 spiro atoms. The summed E-state index contributed by atoms with van der Waals surface area (Å²) in [5.74, 6) is 0. The van der Waals surface area contributed by atoms with Gasteiger partial charge in [-0.15, -0.1) is 0 Å². The molecule has 0 heterocycles. The lowest BCUT2D eigenvalue weighted by atomic mass is 10.1. The Kier molecular flexibility index (Phi) is 21.5. The topological polar surface area (TPSA) is 61.7 Å². The van der Waals surface area contributed by atoms with E-state index >= 15 is 0 Å². The minimum absolute atomic E-state index is 0.338. The Balaban J connectivity index is 3.15. The fourth-order valence-corrected chi connectivity index (χ4v) is 3.04. The first-order valence-corrected chi connectivity index (χ1v) is 11.5. The first-order chi connectivity index (χ1) is 13.2. The second-order valence-electron chi connectivity index (χ2n) is 7.75. The lowest BCUT2D eigenvalue weighted by Crippen LogP contribution is -2.35. The molecule has 0 aromatic rings. The zero-order valence-corrected chi connectivity index (χ0v) is 18.1. The van der Waals surface area contributed by atoms with Crippen LogP contribution in [0.1, 0.15) is 104 Å². The SMILES string of the molecule is CCCCCCCC/C=C\CCCCCCCCOCC(O)CNC(C)O. The predicted octanol–water partition coefficient (Wildman–Crippen LogP) is 5.33. The van der Waals surface area contributed by atoms with Crippen molar-refractivity contribution in [3.63, 3.8) is 0 Å². The molecule has 0 fully saturated rings. The highest BCUT2D eigenvalue weighted by Gasteiger charge is 2.04. The van der Waals surface area contributed by atoms with Gasteiger partial charge < -0.3 is 14.9 Å². The summed E-state index contributed by atoms with van der Waals surface area (Å²) in [4.78, 5) is 0. The summed E-state index contributed by atoms with van der Waals surface area (Å²) in [5.41, 5.74) is 0. The molecule has 4 heteroatoms. The van der Waals surface area contributed by atoms with E-state index in [1.165, 1.54) is 83.5 Å². The van der Waals surface area contributed by atoms with Crippen LogP contribution in [0.3, 0.4) is 0 Å². The van der Waals surface area contributed by atoms with Crippen LogP contribution in [0.25, 0.3) is 0 Å². The number of allylic oxidation sites excluding steroid dienone is 2. The number of rotatable bonds is 21. The van der Waals surface area contributed by atoms with Crippen LogP contribution in [0, 0.1) is 0 Å². The van der Waals surface area contributed by atoms with Crippen LogP contribution in [0.5, 0.6) is 0 Å². The van der Waals surface area contributed by atoms with E-state index in [4.69, 9.17) is 9.84 Å². The number of aliphatic hydroxyl groups is 2. The van der Waals surface area contributed by atoms with Crippen LogP contribution in [-0.2, 0) is 4.74 Å². The molecule has 0 aromatic heterocycles. The molecule has 0 radical (unpaired) electrons. The van der Waals surface area contributed by atoms with E-state index in [0.29, 0.717) is 19.8 Å². The van der Waals surface area contributed by atoms with Gasteiger partial charge in [0.2, 0.25) is 0 Å². The Morgan fingerprint density at radius 1 is 0.778 bits per heavy atom. The van der Waals surface area contributed by atoms with Crippen molar-refractivity contribution in [3.05, 3.63) is 12.2 Å². The van der Waals surface area contributed by atoms with E-state index in [2.05, 4.69) is 24.4 Å². The third-order valence-corrected chi connectivity index (χ3v) is 4.76. The minimum atomic E-state index is -0.588. The van der Waals surface area contributed by atoms with Crippen LogP contribution in [-0.4, -0.2) is 42.3 Å². The Bertz CT molecular complexity index is 308. The largest absolute Gasteiger partial charge is 0.389 e. The average molecular weight is 386 g/mol. The second-order valence-corrected chi connectivity index (χ2v) is 7.75. The van der Waals surface area contributed by atoms with Gasteiger partial charge in [-0.3, -0.25) is 5.32 Å². The maximum atomic E-state index is 9.63. The van der Waals surface area contributed by atoms with Crippen LogP contribution < -0.4 is 5.32 Å². The van der Waals surface area contributed by atoms with E-state index in [1.807, 2.05) is 0 Å². The first-order valence-electron chi connectivity index (χ1n) is 11.5. The molecule has 0 bridgehead atoms. The van der Waals surface area contributed by atoms with Crippen LogP contribution in [0.2, 0.25) is 0 Å². The van der Waals surface area contributed by atoms with E-state index < -0.39 is 12.3 Å². The van der Waals surface area contributed by atoms with Crippen molar-refractivity contribution in [1.29, 1.82) is 0 Å². The highest BCUT2D eigenvalue weighted by molar-refractivity contribution is 4.81. The van der Waals surface area contributed by atoms with Crippen molar-refractivity contribution in [3.8, 4) is 0 Å². The standard InChI is InChI=1S/C23H47NO3/c1-3-4-5-6-7-8-9-10-11-12-13-14-15-16-17-18-19-27-21-23(26)20-24-22(2)25/h10-11,22-26H,3-9,12-21H2,1-2H3/b11-10-. The van der Waals surface area contributed by atoms with Gasteiger partial charge in [-0.2, -0.15) is 0 Å². The van der Waals surface area contributed by atoms with Gasteiger partial charge in [-0.25, -0.2) is 0 Å². The number of hydrogen-bond acceptors (Lipinski definition) is 4. The Morgan fingerprint density at radius 2 is 1.30 bits per heavy atom. The van der Waals surface area contributed by atoms with Gasteiger partial charge in [0.25, 0.3) is 0 Å². The van der Waals surface area contributed by atoms with Crippen molar-refractivity contribution < 1.29 is 14.9 Å². The number of unbranched alkanes of at least 4 members (excludes halogenated alkanes) is 12. The monoisotopic (exact) mass is 385 g/mol. The number of ether oxygens (including phenoxy) is 1. The van der Waals surface area contributed by atoms with E-state index in [9.17, 15) is 5.11 Å². The van der Waals surface area contributed by atoms with Gasteiger partial charge in [0.1, 0.15) is 6.23 Å². The van der Waals surface area contributed by atoms with Crippen molar-refractivity contribution in [1.82, 2.24) is 5.32 Å². The minimum Gasteiger partial charge on any atom is -0.389 e. The molecule has 2 atom stereocenters. The summed E-state index contributed by atoms with van der Waals surface area (Å²) < 4.78 is 5.47.